The largest absolute Gasteiger partial charge is 0.301 e. The Morgan fingerprint density at radius 2 is 1.56 bits per heavy atom. The minimum Gasteiger partial charge on any atom is -0.301 e. The highest BCUT2D eigenvalue weighted by molar-refractivity contribution is 7.81. The lowest BCUT2D eigenvalue weighted by Gasteiger charge is -2.37. The molecular weight excluding hydrogens is 238 g/mol. The van der Waals surface area contributed by atoms with Crippen LogP contribution >= 0.6 is 12.6 Å². The highest BCUT2D eigenvalue weighted by Crippen LogP contribution is 2.41. The zero-order valence-electron chi connectivity index (χ0n) is 13.3. The quantitative estimate of drug-likeness (QED) is 0.717. The monoisotopic (exact) mass is 271 g/mol. The standard InChI is InChI=1S/C16H33NS/c1-7-10-17-12-15(4,5)11-14(2,3)8-9-16(6,18)13-17/h18H,7-13H2,1-6H3. The molecule has 1 aliphatic heterocycles. The fourth-order valence-corrected chi connectivity index (χ4v) is 4.06. The molecule has 1 nitrogen and oxygen atoms in total. The molecule has 1 rings (SSSR count). The molecule has 1 fully saturated rings. The zero-order valence-corrected chi connectivity index (χ0v) is 14.2. The normalized spacial score (nSPS) is 33.5. The van der Waals surface area contributed by atoms with Crippen molar-refractivity contribution in [2.75, 3.05) is 19.6 Å². The van der Waals surface area contributed by atoms with Gasteiger partial charge >= 0.3 is 0 Å². The van der Waals surface area contributed by atoms with E-state index in [4.69, 9.17) is 12.6 Å². The third-order valence-electron chi connectivity index (χ3n) is 4.05. The summed E-state index contributed by atoms with van der Waals surface area (Å²) in [6.07, 6.45) is 5.06. The lowest BCUT2D eigenvalue weighted by Crippen LogP contribution is -2.41. The van der Waals surface area contributed by atoms with Crippen LogP contribution in [0.15, 0.2) is 0 Å². The molecular formula is C16H33NS. The summed E-state index contributed by atoms with van der Waals surface area (Å²) in [7, 11) is 0. The second kappa shape index (κ2) is 5.75. The Hall–Kier alpha value is 0.310. The van der Waals surface area contributed by atoms with Crippen LogP contribution in [-0.2, 0) is 0 Å². The summed E-state index contributed by atoms with van der Waals surface area (Å²) in [4.78, 5) is 2.63. The molecule has 1 heterocycles. The van der Waals surface area contributed by atoms with Crippen molar-refractivity contribution in [3.05, 3.63) is 0 Å². The van der Waals surface area contributed by atoms with E-state index >= 15 is 0 Å². The molecule has 0 saturated carbocycles. The molecule has 0 aromatic heterocycles. The summed E-state index contributed by atoms with van der Waals surface area (Å²) in [6.45, 7) is 17.8. The first-order valence-corrected chi connectivity index (χ1v) is 7.95. The van der Waals surface area contributed by atoms with Gasteiger partial charge in [0, 0.05) is 17.8 Å². The second-order valence-corrected chi connectivity index (χ2v) is 9.29. The van der Waals surface area contributed by atoms with Crippen LogP contribution in [-0.4, -0.2) is 29.3 Å². The van der Waals surface area contributed by atoms with Gasteiger partial charge in [0.1, 0.15) is 0 Å². The van der Waals surface area contributed by atoms with Gasteiger partial charge in [-0.2, -0.15) is 12.6 Å². The van der Waals surface area contributed by atoms with Gasteiger partial charge in [-0.1, -0.05) is 34.6 Å². The maximum atomic E-state index is 4.93. The maximum Gasteiger partial charge on any atom is 0.0229 e. The number of thiol groups is 1. The van der Waals surface area contributed by atoms with Crippen LogP contribution in [0.5, 0.6) is 0 Å². The van der Waals surface area contributed by atoms with E-state index in [1.165, 1.54) is 38.8 Å². The van der Waals surface area contributed by atoms with Gasteiger partial charge < -0.3 is 4.90 Å². The third kappa shape index (κ3) is 5.52. The second-order valence-electron chi connectivity index (χ2n) is 8.21. The topological polar surface area (TPSA) is 3.24 Å². The van der Waals surface area contributed by atoms with Gasteiger partial charge in [-0.25, -0.2) is 0 Å². The van der Waals surface area contributed by atoms with Crippen LogP contribution in [0.1, 0.15) is 67.2 Å². The molecule has 0 spiro atoms. The summed E-state index contributed by atoms with van der Waals surface area (Å²) in [5.74, 6) is 0. The zero-order chi connectivity index (χ0) is 14.0. The Balaban J connectivity index is 2.88. The Morgan fingerprint density at radius 3 is 2.11 bits per heavy atom. The van der Waals surface area contributed by atoms with Gasteiger partial charge in [-0.15, -0.1) is 0 Å². The van der Waals surface area contributed by atoms with Crippen LogP contribution in [0.4, 0.5) is 0 Å². The number of hydrogen-bond donors (Lipinski definition) is 1. The molecule has 108 valence electrons. The molecule has 0 bridgehead atoms. The fourth-order valence-electron chi connectivity index (χ4n) is 3.74. The maximum absolute atomic E-state index is 4.93. The third-order valence-corrected chi connectivity index (χ3v) is 4.42. The molecule has 1 aliphatic rings. The smallest absolute Gasteiger partial charge is 0.0229 e. The molecule has 0 aromatic carbocycles. The van der Waals surface area contributed by atoms with Crippen LogP contribution in [0.3, 0.4) is 0 Å². The van der Waals surface area contributed by atoms with Gasteiger partial charge in [-0.3, -0.25) is 0 Å². The first-order chi connectivity index (χ1) is 8.05. The lowest BCUT2D eigenvalue weighted by molar-refractivity contribution is 0.129. The summed E-state index contributed by atoms with van der Waals surface area (Å²) in [5, 5.41) is 0. The van der Waals surface area contributed by atoms with E-state index < -0.39 is 0 Å². The van der Waals surface area contributed by atoms with Crippen molar-refractivity contribution in [3.8, 4) is 0 Å². The van der Waals surface area contributed by atoms with Gasteiger partial charge in [0.05, 0.1) is 0 Å². The number of rotatable bonds is 2. The van der Waals surface area contributed by atoms with Crippen LogP contribution < -0.4 is 0 Å². The van der Waals surface area contributed by atoms with E-state index in [2.05, 4.69) is 46.4 Å². The average molecular weight is 272 g/mol. The van der Waals surface area contributed by atoms with Crippen molar-refractivity contribution < 1.29 is 0 Å². The van der Waals surface area contributed by atoms with E-state index in [0.717, 1.165) is 6.54 Å². The first kappa shape index (κ1) is 16.4. The fraction of sp³-hybridized carbons (Fsp3) is 1.00. The van der Waals surface area contributed by atoms with Gasteiger partial charge in [0.25, 0.3) is 0 Å². The molecule has 0 aliphatic carbocycles. The minimum absolute atomic E-state index is 0.160. The molecule has 1 unspecified atom stereocenters. The highest BCUT2D eigenvalue weighted by Gasteiger charge is 2.35. The van der Waals surface area contributed by atoms with Crippen molar-refractivity contribution in [1.82, 2.24) is 4.90 Å². The van der Waals surface area contributed by atoms with E-state index in [-0.39, 0.29) is 4.75 Å². The van der Waals surface area contributed by atoms with E-state index in [1.807, 2.05) is 0 Å². The van der Waals surface area contributed by atoms with Gasteiger partial charge in [-0.05, 0) is 50.0 Å². The summed E-state index contributed by atoms with van der Waals surface area (Å²) in [5.41, 5.74) is 0.850. The van der Waals surface area contributed by atoms with Crippen LogP contribution in [0, 0.1) is 10.8 Å². The first-order valence-electron chi connectivity index (χ1n) is 7.50. The molecule has 1 saturated heterocycles. The molecule has 0 amide bonds. The van der Waals surface area contributed by atoms with Crippen molar-refractivity contribution in [1.29, 1.82) is 0 Å². The number of hydrogen-bond acceptors (Lipinski definition) is 2. The van der Waals surface area contributed by atoms with Crippen LogP contribution in [0.25, 0.3) is 0 Å². The van der Waals surface area contributed by atoms with Crippen LogP contribution in [0.2, 0.25) is 0 Å². The van der Waals surface area contributed by atoms with Gasteiger partial charge in [0.2, 0.25) is 0 Å². The van der Waals surface area contributed by atoms with Gasteiger partial charge in [0.15, 0.2) is 0 Å². The van der Waals surface area contributed by atoms with E-state index in [9.17, 15) is 0 Å². The minimum atomic E-state index is 0.160. The summed E-state index contributed by atoms with van der Waals surface area (Å²) < 4.78 is 0.160. The predicted octanol–water partition coefficient (Wildman–Crippen LogP) is 4.62. The summed E-state index contributed by atoms with van der Waals surface area (Å²) >= 11 is 4.93. The van der Waals surface area contributed by atoms with E-state index in [1.54, 1.807) is 0 Å². The molecule has 2 heteroatoms. The SMILES string of the molecule is CCCN1CC(C)(C)CC(C)(C)CCC(C)(S)C1. The van der Waals surface area contributed by atoms with Crippen molar-refractivity contribution >= 4 is 12.6 Å². The van der Waals surface area contributed by atoms with Crippen molar-refractivity contribution in [3.63, 3.8) is 0 Å². The van der Waals surface area contributed by atoms with E-state index in [0.29, 0.717) is 10.8 Å². The Labute approximate surface area is 120 Å². The van der Waals surface area contributed by atoms with Crippen molar-refractivity contribution in [2.45, 2.75) is 72.0 Å². The van der Waals surface area contributed by atoms with Crippen molar-refractivity contribution in [2.24, 2.45) is 10.8 Å². The molecule has 1 atom stereocenters. The lowest BCUT2D eigenvalue weighted by atomic mass is 9.72. The Morgan fingerprint density at radius 1 is 0.944 bits per heavy atom. The molecule has 18 heavy (non-hydrogen) atoms. The predicted molar refractivity (Wildman–Crippen MR) is 85.5 cm³/mol. The number of nitrogens with zero attached hydrogens (tertiary/aromatic N) is 1. The molecule has 0 N–H and O–H groups in total. The Kier molecular flexibility index (Phi) is 5.22. The molecule has 0 aromatic rings. The molecule has 0 radical (unpaired) electrons. The highest BCUT2D eigenvalue weighted by atomic mass is 32.1. The average Bonchev–Trinajstić information content (AvgIpc) is 2.13. The summed E-state index contributed by atoms with van der Waals surface area (Å²) in [6, 6.07) is 0. The Bertz CT molecular complexity index is 268.